The maximum atomic E-state index is 12.4. The van der Waals surface area contributed by atoms with Gasteiger partial charge in [0.1, 0.15) is 5.69 Å². The molecule has 4 heterocycles. The van der Waals surface area contributed by atoms with Crippen LogP contribution in [0.3, 0.4) is 0 Å². The third-order valence-electron chi connectivity index (χ3n) is 7.42. The van der Waals surface area contributed by atoms with Crippen LogP contribution in [0, 0.1) is 5.92 Å². The highest BCUT2D eigenvalue weighted by Gasteiger charge is 2.56. The summed E-state index contributed by atoms with van der Waals surface area (Å²) in [6.07, 6.45) is 5.97. The highest BCUT2D eigenvalue weighted by Crippen LogP contribution is 2.45. The summed E-state index contributed by atoms with van der Waals surface area (Å²) in [6, 6.07) is 8.76. The van der Waals surface area contributed by atoms with Gasteiger partial charge in [0.05, 0.1) is 22.9 Å². The highest BCUT2D eigenvalue weighted by molar-refractivity contribution is 5.92. The van der Waals surface area contributed by atoms with E-state index >= 15 is 0 Å². The smallest absolute Gasteiger partial charge is 0.269 e. The predicted octanol–water partition coefficient (Wildman–Crippen LogP) is 2.26. The van der Waals surface area contributed by atoms with Crippen molar-refractivity contribution in [1.29, 1.82) is 0 Å². The number of piperazine rings is 1. The van der Waals surface area contributed by atoms with Crippen LogP contribution in [0.2, 0.25) is 0 Å². The lowest BCUT2D eigenvalue weighted by Gasteiger charge is -2.35. The molecule has 6 rings (SSSR count). The van der Waals surface area contributed by atoms with Gasteiger partial charge in [-0.25, -0.2) is 4.98 Å². The maximum absolute atomic E-state index is 12.4. The molecule has 0 radical (unpaired) electrons. The van der Waals surface area contributed by atoms with Crippen LogP contribution in [0.1, 0.15) is 47.3 Å². The Kier molecular flexibility index (Phi) is 4.72. The van der Waals surface area contributed by atoms with E-state index in [1.807, 2.05) is 24.5 Å². The minimum Gasteiger partial charge on any atom is -0.364 e. The van der Waals surface area contributed by atoms with Crippen molar-refractivity contribution in [2.75, 3.05) is 25.0 Å². The molecule has 3 aromatic rings. The zero-order valence-corrected chi connectivity index (χ0v) is 18.9. The number of carbonyl (C=O) groups is 1. The number of fused-ring (bicyclic) bond motifs is 2. The Morgan fingerprint density at radius 3 is 2.73 bits per heavy atom. The summed E-state index contributed by atoms with van der Waals surface area (Å²) in [5.74, 6) is 0.804. The second-order valence-corrected chi connectivity index (χ2v) is 9.59. The molecule has 1 saturated heterocycles. The van der Waals surface area contributed by atoms with Crippen molar-refractivity contribution >= 4 is 22.6 Å². The molecule has 0 bridgehead atoms. The van der Waals surface area contributed by atoms with Gasteiger partial charge in [0.15, 0.2) is 0 Å². The average Bonchev–Trinajstić information content (AvgIpc) is 3.76. The molecule has 33 heavy (non-hydrogen) atoms. The number of pyridine rings is 3. The van der Waals surface area contributed by atoms with E-state index in [4.69, 9.17) is 0 Å². The van der Waals surface area contributed by atoms with Gasteiger partial charge >= 0.3 is 0 Å². The Morgan fingerprint density at radius 1 is 1.15 bits per heavy atom. The van der Waals surface area contributed by atoms with Crippen LogP contribution in [0.25, 0.3) is 11.0 Å². The number of amides is 1. The molecule has 2 saturated carbocycles. The molecule has 3 fully saturated rings. The second-order valence-electron chi connectivity index (χ2n) is 9.59. The van der Waals surface area contributed by atoms with Gasteiger partial charge in [-0.1, -0.05) is 6.92 Å². The van der Waals surface area contributed by atoms with Crippen LogP contribution in [-0.4, -0.2) is 58.0 Å². The predicted molar refractivity (Wildman–Crippen MR) is 126 cm³/mol. The molecule has 1 aliphatic heterocycles. The summed E-state index contributed by atoms with van der Waals surface area (Å²) in [5, 5.41) is 2.61. The molecule has 2 aliphatic carbocycles. The standard InChI is InChI=1S/C25H28N6O2/c1-14-22-23(14)31(17-5-6-19(28-12-17)25(33)26-2)8-7-30(22)13-15-9-21-20(27-11-15)10-18(16-3-4-16)24(32)29-21/h5-6,9-12,14,16,22-23H,3-4,7-8,13H2,1-2H3,(H,26,33)(H,29,32)/t14-,22+,23-/m1/s1. The number of aromatic nitrogens is 3. The molecule has 0 spiro atoms. The molecule has 8 nitrogen and oxygen atoms in total. The van der Waals surface area contributed by atoms with Gasteiger partial charge < -0.3 is 15.2 Å². The fourth-order valence-electron chi connectivity index (χ4n) is 5.44. The fourth-order valence-corrected chi connectivity index (χ4v) is 5.44. The summed E-state index contributed by atoms with van der Waals surface area (Å²) < 4.78 is 0. The number of carbonyl (C=O) groups excluding carboxylic acids is 1. The van der Waals surface area contributed by atoms with E-state index in [1.165, 1.54) is 0 Å². The Morgan fingerprint density at radius 2 is 2.00 bits per heavy atom. The topological polar surface area (TPSA) is 94.2 Å². The van der Waals surface area contributed by atoms with Gasteiger partial charge in [-0.15, -0.1) is 0 Å². The van der Waals surface area contributed by atoms with Crippen molar-refractivity contribution in [3.63, 3.8) is 0 Å². The van der Waals surface area contributed by atoms with Gasteiger partial charge in [0, 0.05) is 50.5 Å². The zero-order chi connectivity index (χ0) is 22.7. The SMILES string of the molecule is CNC(=O)c1ccc(N2CCN(Cc3cnc4cc(C5CC5)c(=O)[nH]c4c3)[C@H]3[C@@H](C)[C@H]32)cn1. The summed E-state index contributed by atoms with van der Waals surface area (Å²) >= 11 is 0. The fraction of sp³-hybridized carbons (Fsp3) is 0.440. The molecule has 3 atom stereocenters. The molecule has 2 N–H and O–H groups in total. The van der Waals surface area contributed by atoms with Crippen LogP contribution in [0.4, 0.5) is 5.69 Å². The van der Waals surface area contributed by atoms with Crippen molar-refractivity contribution in [1.82, 2.24) is 25.2 Å². The van der Waals surface area contributed by atoms with Gasteiger partial charge in [-0.3, -0.25) is 19.5 Å². The second kappa shape index (κ2) is 7.66. The molecule has 0 aromatic carbocycles. The van der Waals surface area contributed by atoms with Crippen molar-refractivity contribution in [3.05, 3.63) is 63.8 Å². The monoisotopic (exact) mass is 444 g/mol. The van der Waals surface area contributed by atoms with E-state index in [0.29, 0.717) is 29.6 Å². The van der Waals surface area contributed by atoms with Crippen LogP contribution in [0.15, 0.2) is 41.5 Å². The average molecular weight is 445 g/mol. The number of H-pyrrole nitrogens is 1. The molecular formula is C25H28N6O2. The number of hydrogen-bond donors (Lipinski definition) is 2. The lowest BCUT2D eigenvalue weighted by atomic mass is 10.1. The largest absolute Gasteiger partial charge is 0.364 e. The Hall–Kier alpha value is -3.26. The van der Waals surface area contributed by atoms with Gasteiger partial charge in [0.2, 0.25) is 0 Å². The molecule has 0 unspecified atom stereocenters. The van der Waals surface area contributed by atoms with Gasteiger partial charge in [-0.2, -0.15) is 0 Å². The lowest BCUT2D eigenvalue weighted by molar-refractivity contribution is 0.0958. The normalized spacial score (nSPS) is 24.5. The van der Waals surface area contributed by atoms with E-state index in [-0.39, 0.29) is 11.5 Å². The van der Waals surface area contributed by atoms with Crippen molar-refractivity contribution in [3.8, 4) is 0 Å². The summed E-state index contributed by atoms with van der Waals surface area (Å²) in [4.78, 5) is 41.2. The number of anilines is 1. The van der Waals surface area contributed by atoms with Crippen molar-refractivity contribution in [2.45, 2.75) is 44.3 Å². The molecule has 3 aromatic heterocycles. The summed E-state index contributed by atoms with van der Waals surface area (Å²) in [7, 11) is 1.61. The first-order chi connectivity index (χ1) is 16.0. The van der Waals surface area contributed by atoms with E-state index in [0.717, 1.165) is 60.3 Å². The number of hydrogen-bond acceptors (Lipinski definition) is 6. The maximum Gasteiger partial charge on any atom is 0.269 e. The third kappa shape index (κ3) is 3.58. The highest BCUT2D eigenvalue weighted by atomic mass is 16.1. The summed E-state index contributed by atoms with van der Waals surface area (Å²) in [5.41, 5.74) is 5.24. The van der Waals surface area contributed by atoms with Crippen LogP contribution < -0.4 is 15.8 Å². The van der Waals surface area contributed by atoms with E-state index < -0.39 is 0 Å². The van der Waals surface area contributed by atoms with Gasteiger partial charge in [-0.05, 0) is 54.5 Å². The lowest BCUT2D eigenvalue weighted by Crippen LogP contribution is -2.46. The van der Waals surface area contributed by atoms with Crippen molar-refractivity contribution < 1.29 is 4.79 Å². The Balaban J connectivity index is 1.17. The van der Waals surface area contributed by atoms with E-state index in [2.05, 4.69) is 43.1 Å². The molecule has 3 aliphatic rings. The first kappa shape index (κ1) is 20.4. The number of nitrogens with zero attached hydrogens (tertiary/aromatic N) is 4. The summed E-state index contributed by atoms with van der Waals surface area (Å²) in [6.45, 7) is 4.97. The Labute approximate surface area is 192 Å². The van der Waals surface area contributed by atoms with Gasteiger partial charge in [0.25, 0.3) is 11.5 Å². The number of nitrogens with one attached hydrogen (secondary N) is 2. The Bertz CT molecular complexity index is 1280. The van der Waals surface area contributed by atoms with E-state index in [1.54, 1.807) is 13.1 Å². The zero-order valence-electron chi connectivity index (χ0n) is 18.9. The molecule has 1 amide bonds. The minimum atomic E-state index is -0.168. The van der Waals surface area contributed by atoms with Crippen LogP contribution in [0.5, 0.6) is 0 Å². The molecule has 170 valence electrons. The minimum absolute atomic E-state index is 0.0319. The first-order valence-corrected chi connectivity index (χ1v) is 11.7. The number of rotatable bonds is 5. The van der Waals surface area contributed by atoms with E-state index in [9.17, 15) is 9.59 Å². The first-order valence-electron chi connectivity index (χ1n) is 11.7. The molecule has 8 heteroatoms. The van der Waals surface area contributed by atoms with Crippen LogP contribution in [-0.2, 0) is 6.54 Å². The van der Waals surface area contributed by atoms with Crippen molar-refractivity contribution in [2.24, 2.45) is 5.92 Å². The quantitative estimate of drug-likeness (QED) is 0.627. The third-order valence-corrected chi connectivity index (χ3v) is 7.42. The molecular weight excluding hydrogens is 416 g/mol. The number of aromatic amines is 1. The van der Waals surface area contributed by atoms with Crippen LogP contribution >= 0.6 is 0 Å².